The summed E-state index contributed by atoms with van der Waals surface area (Å²) in [6.07, 6.45) is -0.0158. The second-order valence-electron chi connectivity index (χ2n) is 6.87. The van der Waals surface area contributed by atoms with Crippen LogP contribution in [-0.4, -0.2) is 55.8 Å². The fourth-order valence-electron chi connectivity index (χ4n) is 3.18. The average molecular weight is 403 g/mol. The first kappa shape index (κ1) is 20.4. The number of aryl methyl sites for hydroxylation is 1. The van der Waals surface area contributed by atoms with Gasteiger partial charge in [0.15, 0.2) is 6.10 Å². The normalized spacial score (nSPS) is 16.6. The lowest BCUT2D eigenvalue weighted by atomic mass is 10.2. The van der Waals surface area contributed by atoms with Crippen molar-refractivity contribution in [1.29, 1.82) is 0 Å². The van der Waals surface area contributed by atoms with Gasteiger partial charge in [0.1, 0.15) is 5.75 Å². The molecule has 1 amide bonds. The molecule has 1 atom stereocenters. The Hall–Kier alpha value is -2.38. The Morgan fingerprint density at radius 1 is 1.00 bits per heavy atom. The Labute approximate surface area is 166 Å². The number of hydrogen-bond acceptors (Lipinski definition) is 4. The zero-order valence-corrected chi connectivity index (χ0v) is 17.1. The molecule has 0 unspecified atom stereocenters. The SMILES string of the molecule is CC[C@H](Oc1ccccc1)C(=O)N1CCN(S(=O)(=O)c2ccc(C)cc2)CC1. The first-order valence-electron chi connectivity index (χ1n) is 9.49. The van der Waals surface area contributed by atoms with Crippen molar-refractivity contribution >= 4 is 15.9 Å². The molecule has 0 aliphatic carbocycles. The molecule has 2 aromatic carbocycles. The topological polar surface area (TPSA) is 66.9 Å². The van der Waals surface area contributed by atoms with Gasteiger partial charge in [-0.1, -0.05) is 42.8 Å². The van der Waals surface area contributed by atoms with Crippen LogP contribution in [0.3, 0.4) is 0 Å². The van der Waals surface area contributed by atoms with Crippen molar-refractivity contribution in [2.24, 2.45) is 0 Å². The lowest BCUT2D eigenvalue weighted by Crippen LogP contribution is -2.53. The molecule has 150 valence electrons. The van der Waals surface area contributed by atoms with Gasteiger partial charge in [-0.2, -0.15) is 4.31 Å². The molecular formula is C21H26N2O4S. The molecule has 1 fully saturated rings. The Morgan fingerprint density at radius 3 is 2.18 bits per heavy atom. The van der Waals surface area contributed by atoms with Crippen molar-refractivity contribution in [1.82, 2.24) is 9.21 Å². The average Bonchev–Trinajstić information content (AvgIpc) is 2.72. The molecule has 7 heteroatoms. The van der Waals surface area contributed by atoms with Crippen LogP contribution in [0.1, 0.15) is 18.9 Å². The molecule has 2 aromatic rings. The number of sulfonamides is 1. The Bertz CT molecular complexity index is 890. The maximum absolute atomic E-state index is 12.8. The summed E-state index contributed by atoms with van der Waals surface area (Å²) in [6.45, 7) is 5.11. The standard InChI is InChI=1S/C21H26N2O4S/c1-3-20(27-18-7-5-4-6-8-18)21(24)22-13-15-23(16-14-22)28(25,26)19-11-9-17(2)10-12-19/h4-12,20H,3,13-16H2,1-2H3/t20-/m0/s1. The highest BCUT2D eigenvalue weighted by atomic mass is 32.2. The van der Waals surface area contributed by atoms with Crippen LogP contribution in [0.2, 0.25) is 0 Å². The van der Waals surface area contributed by atoms with Gasteiger partial charge in [0.05, 0.1) is 4.90 Å². The summed E-state index contributed by atoms with van der Waals surface area (Å²) in [7, 11) is -3.54. The van der Waals surface area contributed by atoms with E-state index >= 15 is 0 Å². The summed E-state index contributed by atoms with van der Waals surface area (Å²) in [5.74, 6) is 0.557. The second-order valence-corrected chi connectivity index (χ2v) is 8.81. The third kappa shape index (κ3) is 4.54. The van der Waals surface area contributed by atoms with E-state index in [2.05, 4.69) is 0 Å². The summed E-state index contributed by atoms with van der Waals surface area (Å²) in [5, 5.41) is 0. The molecule has 3 rings (SSSR count). The molecule has 0 spiro atoms. The summed E-state index contributed by atoms with van der Waals surface area (Å²) in [6, 6.07) is 16.1. The second kappa shape index (κ2) is 8.75. The Kier molecular flexibility index (Phi) is 6.36. The van der Waals surface area contributed by atoms with Crippen molar-refractivity contribution in [3.8, 4) is 5.75 Å². The smallest absolute Gasteiger partial charge is 0.263 e. The molecule has 28 heavy (non-hydrogen) atoms. The summed E-state index contributed by atoms with van der Waals surface area (Å²) >= 11 is 0. The minimum atomic E-state index is -3.54. The number of piperazine rings is 1. The Balaban J connectivity index is 1.62. The van der Waals surface area contributed by atoms with E-state index in [-0.39, 0.29) is 23.9 Å². The van der Waals surface area contributed by atoms with Crippen LogP contribution in [0.4, 0.5) is 0 Å². The molecule has 0 aromatic heterocycles. The van der Waals surface area contributed by atoms with Crippen molar-refractivity contribution in [3.05, 3.63) is 60.2 Å². The fraction of sp³-hybridized carbons (Fsp3) is 0.381. The van der Waals surface area contributed by atoms with Crippen molar-refractivity contribution < 1.29 is 17.9 Å². The van der Waals surface area contributed by atoms with Crippen LogP contribution in [0, 0.1) is 6.92 Å². The monoisotopic (exact) mass is 402 g/mol. The van der Waals surface area contributed by atoms with E-state index in [1.165, 1.54) is 4.31 Å². The van der Waals surface area contributed by atoms with Crippen molar-refractivity contribution in [2.75, 3.05) is 26.2 Å². The van der Waals surface area contributed by atoms with Gasteiger partial charge in [-0.05, 0) is 37.6 Å². The number of rotatable bonds is 6. The highest BCUT2D eigenvalue weighted by molar-refractivity contribution is 7.89. The fourth-order valence-corrected chi connectivity index (χ4v) is 4.61. The highest BCUT2D eigenvalue weighted by Gasteiger charge is 2.32. The maximum Gasteiger partial charge on any atom is 0.263 e. The van der Waals surface area contributed by atoms with Gasteiger partial charge in [0.2, 0.25) is 10.0 Å². The molecule has 0 radical (unpaired) electrons. The van der Waals surface area contributed by atoms with Crippen LogP contribution >= 0.6 is 0 Å². The van der Waals surface area contributed by atoms with Gasteiger partial charge in [-0.25, -0.2) is 8.42 Å². The molecule has 1 aliphatic heterocycles. The third-order valence-electron chi connectivity index (χ3n) is 4.88. The predicted octanol–water partition coefficient (Wildman–Crippen LogP) is 2.69. The molecule has 0 N–H and O–H groups in total. The molecule has 1 aliphatic rings. The molecule has 1 heterocycles. The van der Waals surface area contributed by atoms with Gasteiger partial charge in [0.25, 0.3) is 5.91 Å². The van der Waals surface area contributed by atoms with Crippen molar-refractivity contribution in [2.45, 2.75) is 31.3 Å². The van der Waals surface area contributed by atoms with E-state index in [0.29, 0.717) is 25.3 Å². The van der Waals surface area contributed by atoms with Crippen LogP contribution in [0.5, 0.6) is 5.75 Å². The minimum absolute atomic E-state index is 0.0984. The summed E-state index contributed by atoms with van der Waals surface area (Å²) in [5.41, 5.74) is 1.01. The van der Waals surface area contributed by atoms with Crippen LogP contribution in [0.25, 0.3) is 0 Å². The molecule has 1 saturated heterocycles. The van der Waals surface area contributed by atoms with Gasteiger partial charge in [-0.3, -0.25) is 4.79 Å². The van der Waals surface area contributed by atoms with Crippen LogP contribution in [-0.2, 0) is 14.8 Å². The molecule has 0 saturated carbocycles. The molecule has 6 nitrogen and oxygen atoms in total. The van der Waals surface area contributed by atoms with Crippen LogP contribution in [0.15, 0.2) is 59.5 Å². The van der Waals surface area contributed by atoms with E-state index in [9.17, 15) is 13.2 Å². The zero-order valence-electron chi connectivity index (χ0n) is 16.2. The van der Waals surface area contributed by atoms with Crippen molar-refractivity contribution in [3.63, 3.8) is 0 Å². The maximum atomic E-state index is 12.8. The number of nitrogens with zero attached hydrogens (tertiary/aromatic N) is 2. The molecular weight excluding hydrogens is 376 g/mol. The van der Waals surface area contributed by atoms with E-state index in [1.54, 1.807) is 29.2 Å². The largest absolute Gasteiger partial charge is 0.481 e. The summed E-state index contributed by atoms with van der Waals surface area (Å²) in [4.78, 5) is 14.8. The van der Waals surface area contributed by atoms with E-state index in [4.69, 9.17) is 4.74 Å². The first-order valence-corrected chi connectivity index (χ1v) is 10.9. The van der Waals surface area contributed by atoms with Gasteiger partial charge in [0, 0.05) is 26.2 Å². The number of carbonyl (C=O) groups is 1. The molecule has 0 bridgehead atoms. The highest BCUT2D eigenvalue weighted by Crippen LogP contribution is 2.20. The van der Waals surface area contributed by atoms with E-state index in [0.717, 1.165) is 5.56 Å². The van der Waals surface area contributed by atoms with E-state index < -0.39 is 16.1 Å². The number of hydrogen-bond donors (Lipinski definition) is 0. The van der Waals surface area contributed by atoms with Gasteiger partial charge in [-0.15, -0.1) is 0 Å². The van der Waals surface area contributed by atoms with Gasteiger partial charge < -0.3 is 9.64 Å². The first-order chi connectivity index (χ1) is 13.4. The number of ether oxygens (including phenoxy) is 1. The lowest BCUT2D eigenvalue weighted by Gasteiger charge is -2.35. The predicted molar refractivity (Wildman–Crippen MR) is 108 cm³/mol. The number of amides is 1. The van der Waals surface area contributed by atoms with Crippen LogP contribution < -0.4 is 4.74 Å². The number of benzene rings is 2. The quantitative estimate of drug-likeness (QED) is 0.745. The zero-order chi connectivity index (χ0) is 20.1. The van der Waals surface area contributed by atoms with E-state index in [1.807, 2.05) is 44.2 Å². The number of carbonyl (C=O) groups excluding carboxylic acids is 1. The minimum Gasteiger partial charge on any atom is -0.481 e. The Morgan fingerprint density at radius 2 is 1.61 bits per heavy atom. The number of para-hydroxylation sites is 1. The summed E-state index contributed by atoms with van der Waals surface area (Å²) < 4.78 is 32.9. The van der Waals surface area contributed by atoms with Gasteiger partial charge >= 0.3 is 0 Å². The lowest BCUT2D eigenvalue weighted by molar-refractivity contribution is -0.140. The third-order valence-corrected chi connectivity index (χ3v) is 6.79.